The maximum absolute atomic E-state index is 5.48. The molecular weight excluding hydrogens is 204 g/mol. The van der Waals surface area contributed by atoms with E-state index in [-0.39, 0.29) is 0 Å². The van der Waals surface area contributed by atoms with Crippen LogP contribution in [-0.2, 0) is 18.0 Å². The summed E-state index contributed by atoms with van der Waals surface area (Å²) in [6.45, 7) is 0.953. The van der Waals surface area contributed by atoms with E-state index in [4.69, 9.17) is 9.15 Å². The summed E-state index contributed by atoms with van der Waals surface area (Å²) in [5, 5.41) is 3.06. The van der Waals surface area contributed by atoms with Gasteiger partial charge >= 0.3 is 0 Å². The lowest BCUT2D eigenvalue weighted by Gasteiger charge is -2.04. The van der Waals surface area contributed by atoms with E-state index < -0.39 is 0 Å². The summed E-state index contributed by atoms with van der Waals surface area (Å²) in [5.74, 6) is 0.824. The molecule has 0 bridgehead atoms. The third-order valence-corrected chi connectivity index (χ3v) is 2.18. The Balaban J connectivity index is 1.85. The summed E-state index contributed by atoms with van der Waals surface area (Å²) in [7, 11) is 1.88. The second-order valence-electron chi connectivity index (χ2n) is 3.36. The van der Waals surface area contributed by atoms with E-state index in [1.165, 1.54) is 0 Å². The lowest BCUT2D eigenvalue weighted by molar-refractivity contribution is 0.0907. The number of aromatic nitrogens is 1. The average Bonchev–Trinajstić information content (AvgIpc) is 2.82. The van der Waals surface area contributed by atoms with Crippen molar-refractivity contribution in [2.45, 2.75) is 13.2 Å². The van der Waals surface area contributed by atoms with Crippen LogP contribution in [0.2, 0.25) is 0 Å². The quantitative estimate of drug-likeness (QED) is 0.837. The topological polar surface area (TPSA) is 47.3 Å². The van der Waals surface area contributed by atoms with Gasteiger partial charge in [0.05, 0.1) is 18.6 Å². The van der Waals surface area contributed by atoms with Crippen molar-refractivity contribution in [2.75, 3.05) is 12.4 Å². The first-order valence-electron chi connectivity index (χ1n) is 5.11. The zero-order valence-corrected chi connectivity index (χ0v) is 9.14. The minimum atomic E-state index is 0.471. The largest absolute Gasteiger partial charge is 0.467 e. The molecule has 0 unspecified atom stereocenters. The van der Waals surface area contributed by atoms with Gasteiger partial charge in [-0.2, -0.15) is 0 Å². The molecule has 4 heteroatoms. The van der Waals surface area contributed by atoms with E-state index in [1.807, 2.05) is 31.3 Å². The second kappa shape index (κ2) is 5.32. The monoisotopic (exact) mass is 218 g/mol. The first-order valence-corrected chi connectivity index (χ1v) is 5.11. The van der Waals surface area contributed by atoms with Gasteiger partial charge in [0.1, 0.15) is 12.4 Å². The summed E-state index contributed by atoms with van der Waals surface area (Å²) < 4.78 is 10.6. The molecule has 84 valence electrons. The summed E-state index contributed by atoms with van der Waals surface area (Å²) in [6, 6.07) is 7.61. The molecule has 0 aromatic carbocycles. The minimum absolute atomic E-state index is 0.471. The van der Waals surface area contributed by atoms with Crippen LogP contribution in [0.1, 0.15) is 11.5 Å². The highest BCUT2D eigenvalue weighted by atomic mass is 16.5. The summed E-state index contributed by atoms with van der Waals surface area (Å²) >= 11 is 0. The van der Waals surface area contributed by atoms with Crippen LogP contribution in [0.25, 0.3) is 0 Å². The molecule has 0 saturated heterocycles. The number of nitrogens with one attached hydrogen (secondary N) is 1. The van der Waals surface area contributed by atoms with Crippen molar-refractivity contribution in [1.29, 1.82) is 0 Å². The van der Waals surface area contributed by atoms with Gasteiger partial charge in [0, 0.05) is 18.9 Å². The zero-order valence-electron chi connectivity index (χ0n) is 9.14. The van der Waals surface area contributed by atoms with Crippen LogP contribution in [0.15, 0.2) is 41.1 Å². The van der Waals surface area contributed by atoms with Gasteiger partial charge in [0.15, 0.2) is 0 Å². The van der Waals surface area contributed by atoms with Crippen molar-refractivity contribution in [3.63, 3.8) is 0 Å². The molecule has 2 heterocycles. The molecule has 0 aliphatic rings. The Kier molecular flexibility index (Phi) is 3.56. The predicted octanol–water partition coefficient (Wildman–Crippen LogP) is 2.43. The van der Waals surface area contributed by atoms with E-state index >= 15 is 0 Å². The summed E-state index contributed by atoms with van der Waals surface area (Å²) in [6.07, 6.45) is 3.40. The molecule has 0 amide bonds. The molecule has 0 fully saturated rings. The first-order chi connectivity index (χ1) is 7.88. The van der Waals surface area contributed by atoms with Crippen LogP contribution in [0.5, 0.6) is 0 Å². The molecule has 0 saturated carbocycles. The van der Waals surface area contributed by atoms with Gasteiger partial charge in [-0.15, -0.1) is 0 Å². The summed E-state index contributed by atoms with van der Waals surface area (Å²) in [4.78, 5) is 4.21. The molecule has 4 nitrogen and oxygen atoms in total. The zero-order chi connectivity index (χ0) is 11.2. The van der Waals surface area contributed by atoms with Crippen LogP contribution < -0.4 is 5.32 Å². The van der Waals surface area contributed by atoms with Crippen molar-refractivity contribution in [3.8, 4) is 0 Å². The van der Waals surface area contributed by atoms with E-state index in [1.54, 1.807) is 12.5 Å². The van der Waals surface area contributed by atoms with Gasteiger partial charge in [-0.3, -0.25) is 4.98 Å². The van der Waals surface area contributed by atoms with Gasteiger partial charge in [-0.1, -0.05) is 0 Å². The SMILES string of the molecule is CNc1ccnc(COCc2ccco2)c1. The Morgan fingerprint density at radius 2 is 2.31 bits per heavy atom. The predicted molar refractivity (Wildman–Crippen MR) is 61.0 cm³/mol. The Bertz CT molecular complexity index is 426. The maximum Gasteiger partial charge on any atom is 0.129 e. The lowest BCUT2D eigenvalue weighted by Crippen LogP contribution is -1.97. The van der Waals surface area contributed by atoms with E-state index in [2.05, 4.69) is 10.3 Å². The standard InChI is InChI=1S/C12H14N2O2/c1-13-10-4-5-14-11(7-10)8-15-9-12-3-2-6-16-12/h2-7H,8-9H2,1H3,(H,13,14). The van der Waals surface area contributed by atoms with Gasteiger partial charge in [-0.05, 0) is 24.3 Å². The number of nitrogens with zero attached hydrogens (tertiary/aromatic N) is 1. The summed E-state index contributed by atoms with van der Waals surface area (Å²) in [5.41, 5.74) is 1.94. The Morgan fingerprint density at radius 3 is 3.06 bits per heavy atom. The Morgan fingerprint density at radius 1 is 1.38 bits per heavy atom. The van der Waals surface area contributed by atoms with Crippen LogP contribution in [0.3, 0.4) is 0 Å². The number of rotatable bonds is 5. The van der Waals surface area contributed by atoms with E-state index in [9.17, 15) is 0 Å². The molecule has 0 aliphatic heterocycles. The van der Waals surface area contributed by atoms with Crippen molar-refractivity contribution in [1.82, 2.24) is 4.98 Å². The number of hydrogen-bond acceptors (Lipinski definition) is 4. The lowest BCUT2D eigenvalue weighted by atomic mass is 10.3. The van der Waals surface area contributed by atoms with Gasteiger partial charge in [0.2, 0.25) is 0 Å². The van der Waals surface area contributed by atoms with Gasteiger partial charge in [0.25, 0.3) is 0 Å². The third-order valence-electron chi connectivity index (χ3n) is 2.18. The van der Waals surface area contributed by atoms with Crippen molar-refractivity contribution in [2.24, 2.45) is 0 Å². The normalized spacial score (nSPS) is 10.3. The fraction of sp³-hybridized carbons (Fsp3) is 0.250. The maximum atomic E-state index is 5.48. The molecule has 0 atom stereocenters. The highest BCUT2D eigenvalue weighted by molar-refractivity contribution is 5.42. The number of pyridine rings is 1. The Labute approximate surface area is 94.3 Å². The van der Waals surface area contributed by atoms with E-state index in [0.29, 0.717) is 13.2 Å². The number of ether oxygens (including phenoxy) is 1. The first kappa shape index (κ1) is 10.7. The molecule has 0 aliphatic carbocycles. The smallest absolute Gasteiger partial charge is 0.129 e. The minimum Gasteiger partial charge on any atom is -0.467 e. The molecular formula is C12H14N2O2. The van der Waals surface area contributed by atoms with Crippen molar-refractivity contribution >= 4 is 5.69 Å². The van der Waals surface area contributed by atoms with Crippen molar-refractivity contribution < 1.29 is 9.15 Å². The molecule has 2 rings (SSSR count). The molecule has 16 heavy (non-hydrogen) atoms. The molecule has 0 radical (unpaired) electrons. The average molecular weight is 218 g/mol. The molecule has 2 aromatic rings. The van der Waals surface area contributed by atoms with Crippen molar-refractivity contribution in [3.05, 3.63) is 48.2 Å². The fourth-order valence-electron chi connectivity index (χ4n) is 1.36. The van der Waals surface area contributed by atoms with Crippen LogP contribution in [0.4, 0.5) is 5.69 Å². The second-order valence-corrected chi connectivity index (χ2v) is 3.36. The molecule has 0 spiro atoms. The van der Waals surface area contributed by atoms with E-state index in [0.717, 1.165) is 17.1 Å². The molecule has 2 aromatic heterocycles. The van der Waals surface area contributed by atoms with Gasteiger partial charge < -0.3 is 14.5 Å². The van der Waals surface area contributed by atoms with Gasteiger partial charge in [-0.25, -0.2) is 0 Å². The third kappa shape index (κ3) is 2.84. The van der Waals surface area contributed by atoms with Crippen LogP contribution in [0, 0.1) is 0 Å². The molecule has 1 N–H and O–H groups in total. The number of anilines is 1. The highest BCUT2D eigenvalue weighted by Gasteiger charge is 1.99. The van der Waals surface area contributed by atoms with Crippen LogP contribution >= 0.6 is 0 Å². The van der Waals surface area contributed by atoms with Crippen LogP contribution in [-0.4, -0.2) is 12.0 Å². The number of hydrogen-bond donors (Lipinski definition) is 1. The highest BCUT2D eigenvalue weighted by Crippen LogP contribution is 2.09. The number of furan rings is 1. The fourth-order valence-corrected chi connectivity index (χ4v) is 1.36. The Hall–Kier alpha value is -1.81.